The highest BCUT2D eigenvalue weighted by Gasteiger charge is 2.14. The van der Waals surface area contributed by atoms with Gasteiger partial charge in [0.2, 0.25) is 0 Å². The van der Waals surface area contributed by atoms with E-state index in [-0.39, 0.29) is 5.91 Å². The van der Waals surface area contributed by atoms with Gasteiger partial charge in [-0.05, 0) is 44.1 Å². The van der Waals surface area contributed by atoms with E-state index in [0.29, 0.717) is 20.7 Å². The van der Waals surface area contributed by atoms with Crippen molar-refractivity contribution in [2.45, 2.75) is 25.8 Å². The molecule has 122 valence electrons. The van der Waals surface area contributed by atoms with Crippen molar-refractivity contribution in [3.8, 4) is 0 Å². The Bertz CT molecular complexity index is 698. The molecule has 1 amide bonds. The average Bonchev–Trinajstić information content (AvgIpc) is 2.98. The summed E-state index contributed by atoms with van der Waals surface area (Å²) in [5.74, 6) is -0.234. The van der Waals surface area contributed by atoms with Crippen LogP contribution < -0.4 is 5.32 Å². The number of benzene rings is 1. The number of nitrogens with one attached hydrogen (secondary N) is 1. The summed E-state index contributed by atoms with van der Waals surface area (Å²) >= 11 is 13.2. The first-order chi connectivity index (χ1) is 11.1. The lowest BCUT2D eigenvalue weighted by molar-refractivity contribution is 0.102. The van der Waals surface area contributed by atoms with Gasteiger partial charge in [-0.1, -0.05) is 29.6 Å². The molecule has 3 rings (SSSR count). The fourth-order valence-corrected chi connectivity index (χ4v) is 3.58. The highest BCUT2D eigenvalue weighted by atomic mass is 35.5. The first kappa shape index (κ1) is 16.7. The summed E-state index contributed by atoms with van der Waals surface area (Å²) in [5, 5.41) is 6.21. The molecule has 1 aliphatic rings. The minimum atomic E-state index is -0.234. The molecule has 0 unspecified atom stereocenters. The first-order valence-corrected chi connectivity index (χ1v) is 9.18. The second-order valence-electron chi connectivity index (χ2n) is 5.56. The maximum absolute atomic E-state index is 12.2. The molecule has 1 fully saturated rings. The van der Waals surface area contributed by atoms with Gasteiger partial charge in [0, 0.05) is 17.5 Å². The van der Waals surface area contributed by atoms with Crippen molar-refractivity contribution in [1.82, 2.24) is 9.88 Å². The Labute approximate surface area is 149 Å². The molecule has 1 N–H and O–H groups in total. The Morgan fingerprint density at radius 3 is 2.74 bits per heavy atom. The number of hydrogen-bond acceptors (Lipinski definition) is 4. The number of aromatic nitrogens is 1. The summed E-state index contributed by atoms with van der Waals surface area (Å²) in [7, 11) is 0. The van der Waals surface area contributed by atoms with Crippen molar-refractivity contribution in [3.63, 3.8) is 0 Å². The Kier molecular flexibility index (Phi) is 5.54. The molecule has 1 aliphatic heterocycles. The number of carbonyl (C=O) groups excluding carboxylic acids is 1. The molecule has 2 aromatic rings. The summed E-state index contributed by atoms with van der Waals surface area (Å²) in [6.45, 7) is 3.10. The molecule has 0 saturated carbocycles. The SMILES string of the molecule is O=C(Nc1nc(CN2CCCCC2)cs1)c1ccc(Cl)c(Cl)c1. The van der Waals surface area contributed by atoms with Gasteiger partial charge < -0.3 is 0 Å². The highest BCUT2D eigenvalue weighted by Crippen LogP contribution is 2.24. The molecule has 2 heterocycles. The maximum atomic E-state index is 12.2. The van der Waals surface area contributed by atoms with Crippen LogP contribution >= 0.6 is 34.5 Å². The fraction of sp³-hybridized carbons (Fsp3) is 0.375. The number of anilines is 1. The van der Waals surface area contributed by atoms with E-state index in [9.17, 15) is 4.79 Å². The number of likely N-dealkylation sites (tertiary alicyclic amines) is 1. The second kappa shape index (κ2) is 7.62. The van der Waals surface area contributed by atoms with Gasteiger partial charge in [0.05, 0.1) is 15.7 Å². The van der Waals surface area contributed by atoms with Crippen molar-refractivity contribution in [3.05, 3.63) is 44.9 Å². The molecule has 1 aromatic heterocycles. The zero-order valence-electron chi connectivity index (χ0n) is 12.5. The molecular weight excluding hydrogens is 353 g/mol. The summed E-state index contributed by atoms with van der Waals surface area (Å²) < 4.78 is 0. The Balaban J connectivity index is 1.61. The van der Waals surface area contributed by atoms with Crippen LogP contribution in [-0.2, 0) is 6.54 Å². The number of halogens is 2. The van der Waals surface area contributed by atoms with Crippen LogP contribution in [0.15, 0.2) is 23.6 Å². The second-order valence-corrected chi connectivity index (χ2v) is 7.24. The fourth-order valence-electron chi connectivity index (χ4n) is 2.59. The van der Waals surface area contributed by atoms with E-state index in [4.69, 9.17) is 23.2 Å². The van der Waals surface area contributed by atoms with E-state index >= 15 is 0 Å². The minimum absolute atomic E-state index is 0.234. The topological polar surface area (TPSA) is 45.2 Å². The molecule has 0 bridgehead atoms. The van der Waals surface area contributed by atoms with Crippen LogP contribution in [0.3, 0.4) is 0 Å². The monoisotopic (exact) mass is 369 g/mol. The van der Waals surface area contributed by atoms with Gasteiger partial charge in [0.15, 0.2) is 5.13 Å². The van der Waals surface area contributed by atoms with E-state index in [0.717, 1.165) is 25.3 Å². The number of hydrogen-bond donors (Lipinski definition) is 1. The van der Waals surface area contributed by atoms with E-state index in [1.165, 1.54) is 30.6 Å². The van der Waals surface area contributed by atoms with Gasteiger partial charge in [-0.25, -0.2) is 4.98 Å². The van der Waals surface area contributed by atoms with Crippen molar-refractivity contribution in [1.29, 1.82) is 0 Å². The van der Waals surface area contributed by atoms with Gasteiger partial charge in [-0.15, -0.1) is 11.3 Å². The lowest BCUT2D eigenvalue weighted by atomic mass is 10.1. The maximum Gasteiger partial charge on any atom is 0.257 e. The van der Waals surface area contributed by atoms with E-state index in [1.54, 1.807) is 18.2 Å². The highest BCUT2D eigenvalue weighted by molar-refractivity contribution is 7.14. The van der Waals surface area contributed by atoms with Gasteiger partial charge >= 0.3 is 0 Å². The van der Waals surface area contributed by atoms with E-state index < -0.39 is 0 Å². The summed E-state index contributed by atoms with van der Waals surface area (Å²) in [6.07, 6.45) is 3.83. The lowest BCUT2D eigenvalue weighted by Gasteiger charge is -2.25. The first-order valence-electron chi connectivity index (χ1n) is 7.55. The van der Waals surface area contributed by atoms with Crippen LogP contribution in [0.25, 0.3) is 0 Å². The summed E-state index contributed by atoms with van der Waals surface area (Å²) in [4.78, 5) is 19.1. The molecule has 0 aliphatic carbocycles. The summed E-state index contributed by atoms with van der Waals surface area (Å²) in [5.41, 5.74) is 1.47. The van der Waals surface area contributed by atoms with E-state index in [2.05, 4.69) is 15.2 Å². The van der Waals surface area contributed by atoms with Crippen LogP contribution in [0.2, 0.25) is 10.0 Å². The van der Waals surface area contributed by atoms with Crippen LogP contribution in [0.1, 0.15) is 35.3 Å². The van der Waals surface area contributed by atoms with Crippen LogP contribution in [-0.4, -0.2) is 28.9 Å². The third-order valence-electron chi connectivity index (χ3n) is 3.79. The zero-order valence-corrected chi connectivity index (χ0v) is 14.8. The van der Waals surface area contributed by atoms with Gasteiger partial charge in [0.25, 0.3) is 5.91 Å². The van der Waals surface area contributed by atoms with Crippen molar-refractivity contribution in [2.24, 2.45) is 0 Å². The number of carbonyl (C=O) groups is 1. The van der Waals surface area contributed by atoms with Crippen molar-refractivity contribution in [2.75, 3.05) is 18.4 Å². The molecule has 0 radical (unpaired) electrons. The molecule has 4 nitrogen and oxygen atoms in total. The molecule has 23 heavy (non-hydrogen) atoms. The minimum Gasteiger partial charge on any atom is -0.298 e. The van der Waals surface area contributed by atoms with Gasteiger partial charge in [0.1, 0.15) is 0 Å². The van der Waals surface area contributed by atoms with Crippen LogP contribution in [0.4, 0.5) is 5.13 Å². The third kappa shape index (κ3) is 4.44. The van der Waals surface area contributed by atoms with Crippen LogP contribution in [0, 0.1) is 0 Å². The smallest absolute Gasteiger partial charge is 0.257 e. The number of piperidine rings is 1. The number of thiazole rings is 1. The van der Waals surface area contributed by atoms with Crippen molar-refractivity contribution < 1.29 is 4.79 Å². The Morgan fingerprint density at radius 2 is 2.00 bits per heavy atom. The average molecular weight is 370 g/mol. The quantitative estimate of drug-likeness (QED) is 0.849. The van der Waals surface area contributed by atoms with Crippen molar-refractivity contribution >= 4 is 45.6 Å². The largest absolute Gasteiger partial charge is 0.298 e. The number of nitrogens with zero attached hydrogens (tertiary/aromatic N) is 2. The number of amides is 1. The van der Waals surface area contributed by atoms with Gasteiger partial charge in [-0.3, -0.25) is 15.0 Å². The molecular formula is C16H17Cl2N3OS. The predicted molar refractivity (Wildman–Crippen MR) is 95.7 cm³/mol. The normalized spacial score (nSPS) is 15.6. The third-order valence-corrected chi connectivity index (χ3v) is 5.33. The molecule has 7 heteroatoms. The number of rotatable bonds is 4. The summed E-state index contributed by atoms with van der Waals surface area (Å²) in [6, 6.07) is 4.82. The van der Waals surface area contributed by atoms with Crippen LogP contribution in [0.5, 0.6) is 0 Å². The molecule has 1 aromatic carbocycles. The van der Waals surface area contributed by atoms with Gasteiger partial charge in [-0.2, -0.15) is 0 Å². The standard InChI is InChI=1S/C16H17Cl2N3OS/c17-13-5-4-11(8-14(13)18)15(22)20-16-19-12(10-23-16)9-21-6-2-1-3-7-21/h4-5,8,10H,1-3,6-7,9H2,(H,19,20,22). The predicted octanol–water partition coefficient (Wildman–Crippen LogP) is 4.69. The molecule has 0 spiro atoms. The Hall–Kier alpha value is -1.14. The molecule has 1 saturated heterocycles. The Morgan fingerprint density at radius 1 is 1.22 bits per heavy atom. The molecule has 0 atom stereocenters. The lowest BCUT2D eigenvalue weighted by Crippen LogP contribution is -2.29. The zero-order chi connectivity index (χ0) is 16.2. The van der Waals surface area contributed by atoms with E-state index in [1.807, 2.05) is 5.38 Å².